The molecule has 0 heterocycles. The number of hydrogen-bond acceptors (Lipinski definition) is 2. The molecule has 0 unspecified atom stereocenters. The smallest absolute Gasteiger partial charge is 0.242 e. The summed E-state index contributed by atoms with van der Waals surface area (Å²) in [6.07, 6.45) is 0.203. The summed E-state index contributed by atoms with van der Waals surface area (Å²) in [6, 6.07) is 14.7. The Labute approximate surface area is 172 Å². The summed E-state index contributed by atoms with van der Waals surface area (Å²) in [7, 11) is 0. The molecule has 0 saturated heterocycles. The number of nitrogens with zero attached hydrogens (tertiary/aromatic N) is 1. The van der Waals surface area contributed by atoms with Gasteiger partial charge in [0, 0.05) is 18.1 Å². The van der Waals surface area contributed by atoms with Crippen molar-refractivity contribution < 1.29 is 9.59 Å². The number of amides is 2. The minimum atomic E-state index is -0.563. The van der Waals surface area contributed by atoms with Gasteiger partial charge < -0.3 is 10.2 Å². The predicted molar refractivity (Wildman–Crippen MR) is 114 cm³/mol. The Kier molecular flexibility index (Phi) is 8.06. The fourth-order valence-electron chi connectivity index (χ4n) is 2.85. The molecule has 0 aliphatic carbocycles. The molecule has 0 aliphatic heterocycles. The molecule has 1 atom stereocenters. The SMILES string of the molecule is Cc1ccc(CN(C(=O)Cc2cccc(Cl)c2)[C@H](C)C(=O)NCC(C)C)cc1. The summed E-state index contributed by atoms with van der Waals surface area (Å²) < 4.78 is 0. The lowest BCUT2D eigenvalue weighted by Crippen LogP contribution is -2.48. The van der Waals surface area contributed by atoms with Crippen molar-refractivity contribution >= 4 is 23.4 Å². The van der Waals surface area contributed by atoms with Gasteiger partial charge >= 0.3 is 0 Å². The molecule has 1 N–H and O–H groups in total. The van der Waals surface area contributed by atoms with E-state index in [9.17, 15) is 9.59 Å². The molecular weight excluding hydrogens is 372 g/mol. The van der Waals surface area contributed by atoms with Crippen LogP contribution < -0.4 is 5.32 Å². The zero-order chi connectivity index (χ0) is 20.7. The molecule has 2 amide bonds. The van der Waals surface area contributed by atoms with Crippen LogP contribution in [0.5, 0.6) is 0 Å². The topological polar surface area (TPSA) is 49.4 Å². The number of hydrogen-bond donors (Lipinski definition) is 1. The third-order valence-electron chi connectivity index (χ3n) is 4.57. The van der Waals surface area contributed by atoms with Crippen molar-refractivity contribution in [2.45, 2.75) is 46.7 Å². The van der Waals surface area contributed by atoms with Gasteiger partial charge in [-0.3, -0.25) is 9.59 Å². The average Bonchev–Trinajstić information content (AvgIpc) is 2.65. The molecule has 150 valence electrons. The maximum atomic E-state index is 13.1. The lowest BCUT2D eigenvalue weighted by Gasteiger charge is -2.29. The van der Waals surface area contributed by atoms with Crippen molar-refractivity contribution in [2.75, 3.05) is 6.54 Å². The second-order valence-corrected chi connectivity index (χ2v) is 8.07. The highest BCUT2D eigenvalue weighted by Crippen LogP contribution is 2.16. The number of rotatable bonds is 8. The maximum absolute atomic E-state index is 13.1. The molecule has 2 aromatic carbocycles. The first kappa shape index (κ1) is 22.0. The van der Waals surface area contributed by atoms with Crippen molar-refractivity contribution in [2.24, 2.45) is 5.92 Å². The molecular formula is C23H29ClN2O2. The van der Waals surface area contributed by atoms with Crippen molar-refractivity contribution in [1.29, 1.82) is 0 Å². The molecule has 0 aliphatic rings. The normalized spacial score (nSPS) is 11.9. The number of carbonyl (C=O) groups excluding carboxylic acids is 2. The Hall–Kier alpha value is -2.33. The van der Waals surface area contributed by atoms with Crippen molar-refractivity contribution in [3.63, 3.8) is 0 Å². The number of carbonyl (C=O) groups is 2. The fourth-order valence-corrected chi connectivity index (χ4v) is 3.06. The minimum Gasteiger partial charge on any atom is -0.354 e. The predicted octanol–water partition coefficient (Wildman–Crippen LogP) is 4.38. The average molecular weight is 401 g/mol. The lowest BCUT2D eigenvalue weighted by molar-refractivity contribution is -0.140. The molecule has 0 saturated carbocycles. The third kappa shape index (κ3) is 6.68. The van der Waals surface area contributed by atoms with Crippen LogP contribution in [0.2, 0.25) is 5.02 Å². The standard InChI is InChI=1S/C23H29ClN2O2/c1-16(2)14-25-23(28)18(4)26(15-19-10-8-17(3)9-11-19)22(27)13-20-6-5-7-21(24)12-20/h5-12,16,18H,13-15H2,1-4H3,(H,25,28)/t18-/m1/s1. The zero-order valence-electron chi connectivity index (χ0n) is 17.0. The quantitative estimate of drug-likeness (QED) is 0.714. The van der Waals surface area contributed by atoms with Gasteiger partial charge in [-0.15, -0.1) is 0 Å². The summed E-state index contributed by atoms with van der Waals surface area (Å²) in [4.78, 5) is 27.3. The number of nitrogens with one attached hydrogen (secondary N) is 1. The van der Waals surface area contributed by atoms with Gasteiger partial charge in [-0.1, -0.05) is 67.4 Å². The van der Waals surface area contributed by atoms with Crippen LogP contribution in [0.3, 0.4) is 0 Å². The molecule has 0 fully saturated rings. The first-order chi connectivity index (χ1) is 13.3. The van der Waals surface area contributed by atoms with Crippen molar-refractivity contribution in [1.82, 2.24) is 10.2 Å². The largest absolute Gasteiger partial charge is 0.354 e. The van der Waals surface area contributed by atoms with Gasteiger partial charge in [-0.25, -0.2) is 0 Å². The molecule has 0 bridgehead atoms. The summed E-state index contributed by atoms with van der Waals surface area (Å²) in [5, 5.41) is 3.53. The van der Waals surface area contributed by atoms with E-state index in [-0.39, 0.29) is 18.2 Å². The number of halogens is 1. The lowest BCUT2D eigenvalue weighted by atomic mass is 10.1. The van der Waals surface area contributed by atoms with E-state index >= 15 is 0 Å². The van der Waals surface area contributed by atoms with Crippen LogP contribution in [0.25, 0.3) is 0 Å². The van der Waals surface area contributed by atoms with Crippen LogP contribution in [0.4, 0.5) is 0 Å². The summed E-state index contributed by atoms with van der Waals surface area (Å²) >= 11 is 6.05. The maximum Gasteiger partial charge on any atom is 0.242 e. The Morgan fingerprint density at radius 2 is 1.71 bits per heavy atom. The summed E-state index contributed by atoms with van der Waals surface area (Å²) in [6.45, 7) is 8.85. The van der Waals surface area contributed by atoms with Gasteiger partial charge in [0.2, 0.25) is 11.8 Å². The van der Waals surface area contributed by atoms with E-state index in [1.807, 2.05) is 57.2 Å². The Bertz CT molecular complexity index is 803. The summed E-state index contributed by atoms with van der Waals surface area (Å²) in [5.74, 6) is 0.110. The molecule has 28 heavy (non-hydrogen) atoms. The van der Waals surface area contributed by atoms with Crippen LogP contribution in [-0.2, 0) is 22.6 Å². The monoisotopic (exact) mass is 400 g/mol. The van der Waals surface area contributed by atoms with Gasteiger partial charge in [0.05, 0.1) is 6.42 Å². The van der Waals surface area contributed by atoms with Crippen LogP contribution in [-0.4, -0.2) is 29.3 Å². The zero-order valence-corrected chi connectivity index (χ0v) is 17.8. The number of benzene rings is 2. The highest BCUT2D eigenvalue weighted by molar-refractivity contribution is 6.30. The van der Waals surface area contributed by atoms with E-state index in [4.69, 9.17) is 11.6 Å². The minimum absolute atomic E-state index is 0.102. The molecule has 0 aromatic heterocycles. The van der Waals surface area contributed by atoms with E-state index in [2.05, 4.69) is 5.32 Å². The third-order valence-corrected chi connectivity index (χ3v) is 4.80. The Balaban J connectivity index is 2.19. The first-order valence-corrected chi connectivity index (χ1v) is 10.0. The molecule has 2 aromatic rings. The molecule has 0 radical (unpaired) electrons. The Morgan fingerprint density at radius 3 is 2.32 bits per heavy atom. The Morgan fingerprint density at radius 1 is 1.04 bits per heavy atom. The van der Waals surface area contributed by atoms with Crippen molar-refractivity contribution in [3.05, 3.63) is 70.2 Å². The van der Waals surface area contributed by atoms with Crippen molar-refractivity contribution in [3.8, 4) is 0 Å². The van der Waals surface area contributed by atoms with E-state index in [0.717, 1.165) is 16.7 Å². The molecule has 5 heteroatoms. The van der Waals surface area contributed by atoms with E-state index in [1.54, 1.807) is 24.0 Å². The first-order valence-electron chi connectivity index (χ1n) is 9.63. The second kappa shape index (κ2) is 10.3. The van der Waals surface area contributed by atoms with Gasteiger partial charge in [0.25, 0.3) is 0 Å². The summed E-state index contributed by atoms with van der Waals surface area (Å²) in [5.41, 5.74) is 2.98. The highest BCUT2D eigenvalue weighted by Gasteiger charge is 2.26. The van der Waals surface area contributed by atoms with E-state index < -0.39 is 6.04 Å². The van der Waals surface area contributed by atoms with Crippen LogP contribution in [0.15, 0.2) is 48.5 Å². The van der Waals surface area contributed by atoms with Crippen LogP contribution in [0, 0.1) is 12.8 Å². The molecule has 4 nitrogen and oxygen atoms in total. The van der Waals surface area contributed by atoms with Crippen LogP contribution in [0.1, 0.15) is 37.5 Å². The van der Waals surface area contributed by atoms with Gasteiger partial charge in [0.15, 0.2) is 0 Å². The molecule has 0 spiro atoms. The highest BCUT2D eigenvalue weighted by atomic mass is 35.5. The fraction of sp³-hybridized carbons (Fsp3) is 0.391. The van der Waals surface area contributed by atoms with Gasteiger partial charge in [-0.05, 0) is 43.0 Å². The van der Waals surface area contributed by atoms with E-state index in [1.165, 1.54) is 0 Å². The molecule has 2 rings (SSSR count). The second-order valence-electron chi connectivity index (χ2n) is 7.63. The number of aryl methyl sites for hydroxylation is 1. The van der Waals surface area contributed by atoms with Gasteiger partial charge in [-0.2, -0.15) is 0 Å². The van der Waals surface area contributed by atoms with Crippen LogP contribution >= 0.6 is 11.6 Å². The van der Waals surface area contributed by atoms with E-state index in [0.29, 0.717) is 24.0 Å². The van der Waals surface area contributed by atoms with Gasteiger partial charge in [0.1, 0.15) is 6.04 Å².